The Balaban J connectivity index is -0.000000726. The minimum Gasteiger partial charge on any atom is -0.481 e. The summed E-state index contributed by atoms with van der Waals surface area (Å²) in [6.07, 6.45) is 32.6. The second kappa shape index (κ2) is 44.6. The SMILES string of the molecule is CCCCCCCCCCCCCCCCCC(=O)O.CCCCCCCCCCCCCCCCCC(=O)O.O=C(O)[C@H](O)[C@@H](O)[C@H](O)[C@H](O)CO. The topological polar surface area (TPSA) is 213 Å². The van der Waals surface area contributed by atoms with Gasteiger partial charge < -0.3 is 40.9 Å². The molecule has 0 aliphatic heterocycles. The quantitative estimate of drug-likeness (QED) is 0.0279. The van der Waals surface area contributed by atoms with E-state index in [4.69, 9.17) is 40.9 Å². The summed E-state index contributed by atoms with van der Waals surface area (Å²) in [5.41, 5.74) is 0. The van der Waals surface area contributed by atoms with Gasteiger partial charge in [0.05, 0.1) is 6.61 Å². The van der Waals surface area contributed by atoms with E-state index in [1.54, 1.807) is 0 Å². The Hall–Kier alpha value is -1.79. The molecule has 0 heterocycles. The highest BCUT2D eigenvalue weighted by Gasteiger charge is 2.33. The molecule has 0 radical (unpaired) electrons. The molecule has 8 N–H and O–H groups in total. The van der Waals surface area contributed by atoms with Crippen LogP contribution in [0.25, 0.3) is 0 Å². The third-order valence-electron chi connectivity index (χ3n) is 9.50. The highest BCUT2D eigenvalue weighted by Crippen LogP contribution is 2.15. The summed E-state index contributed by atoms with van der Waals surface area (Å²) < 4.78 is 0. The Kier molecular flexibility index (Phi) is 46.7. The van der Waals surface area contributed by atoms with Crippen molar-refractivity contribution in [3.8, 4) is 0 Å². The predicted molar refractivity (Wildman–Crippen MR) is 213 cm³/mol. The number of carboxylic acids is 3. The van der Waals surface area contributed by atoms with Gasteiger partial charge in [0, 0.05) is 12.8 Å². The average Bonchev–Trinajstić information content (AvgIpc) is 3.13. The van der Waals surface area contributed by atoms with E-state index < -0.39 is 48.9 Å². The zero-order chi connectivity index (χ0) is 40.4. The molecule has 0 aromatic carbocycles. The maximum absolute atomic E-state index is 10.3. The first-order valence-electron chi connectivity index (χ1n) is 21.5. The first kappa shape index (κ1) is 55.5. The minimum absolute atomic E-state index is 0.345. The lowest BCUT2D eigenvalue weighted by atomic mass is 10.0. The summed E-state index contributed by atoms with van der Waals surface area (Å²) in [7, 11) is 0. The van der Waals surface area contributed by atoms with Gasteiger partial charge in [0.1, 0.15) is 18.3 Å². The lowest BCUT2D eigenvalue weighted by molar-refractivity contribution is -0.164. The van der Waals surface area contributed by atoms with Crippen LogP contribution in [0.5, 0.6) is 0 Å². The van der Waals surface area contributed by atoms with E-state index >= 15 is 0 Å². The molecule has 0 aromatic heterocycles. The van der Waals surface area contributed by atoms with Crippen molar-refractivity contribution in [1.29, 1.82) is 0 Å². The van der Waals surface area contributed by atoms with E-state index in [0.29, 0.717) is 12.8 Å². The number of carboxylic acid groups (broad SMARTS) is 3. The summed E-state index contributed by atoms with van der Waals surface area (Å²) in [6, 6.07) is 0. The van der Waals surface area contributed by atoms with Crippen molar-refractivity contribution >= 4 is 17.9 Å². The van der Waals surface area contributed by atoms with Crippen LogP contribution in [0.3, 0.4) is 0 Å². The lowest BCUT2D eigenvalue weighted by Gasteiger charge is -2.23. The van der Waals surface area contributed by atoms with Gasteiger partial charge in [0.15, 0.2) is 6.10 Å². The molecule has 0 aliphatic carbocycles. The molecule has 0 spiro atoms. The fourth-order valence-electron chi connectivity index (χ4n) is 5.96. The lowest BCUT2D eigenvalue weighted by Crippen LogP contribution is -2.48. The highest BCUT2D eigenvalue weighted by molar-refractivity contribution is 5.72. The Morgan fingerprint density at radius 3 is 0.792 bits per heavy atom. The number of unbranched alkanes of at least 4 members (excludes halogenated alkanes) is 28. The van der Waals surface area contributed by atoms with Crippen molar-refractivity contribution < 1.29 is 55.2 Å². The van der Waals surface area contributed by atoms with E-state index in [1.165, 1.54) is 167 Å². The summed E-state index contributed by atoms with van der Waals surface area (Å²) in [4.78, 5) is 30.8. The van der Waals surface area contributed by atoms with Crippen molar-refractivity contribution in [3.05, 3.63) is 0 Å². The number of hydrogen-bond donors (Lipinski definition) is 8. The van der Waals surface area contributed by atoms with Gasteiger partial charge in [-0.3, -0.25) is 9.59 Å². The fraction of sp³-hybridized carbons (Fsp3) is 0.929. The summed E-state index contributed by atoms with van der Waals surface area (Å²) in [5.74, 6) is -3.03. The van der Waals surface area contributed by atoms with E-state index in [1.807, 2.05) is 0 Å². The third-order valence-corrected chi connectivity index (χ3v) is 9.50. The molecule has 0 aromatic rings. The predicted octanol–water partition coefficient (Wildman–Crippen LogP) is 9.17. The minimum atomic E-state index is -2.20. The molecule has 0 rings (SSSR count). The van der Waals surface area contributed by atoms with Crippen molar-refractivity contribution in [1.82, 2.24) is 0 Å². The first-order chi connectivity index (χ1) is 25.5. The summed E-state index contributed by atoms with van der Waals surface area (Å²) in [5, 5.41) is 68.8. The van der Waals surface area contributed by atoms with Crippen LogP contribution >= 0.6 is 0 Å². The van der Waals surface area contributed by atoms with Crippen molar-refractivity contribution in [2.75, 3.05) is 6.61 Å². The van der Waals surface area contributed by atoms with Gasteiger partial charge >= 0.3 is 17.9 Å². The molecule has 0 aliphatic rings. The maximum atomic E-state index is 10.3. The van der Waals surface area contributed by atoms with Gasteiger partial charge in [0.25, 0.3) is 0 Å². The Morgan fingerprint density at radius 1 is 0.377 bits per heavy atom. The van der Waals surface area contributed by atoms with Gasteiger partial charge in [-0.15, -0.1) is 0 Å². The molecular formula is C42H84O11. The largest absolute Gasteiger partial charge is 0.481 e. The first-order valence-corrected chi connectivity index (χ1v) is 21.5. The van der Waals surface area contributed by atoms with E-state index in [2.05, 4.69) is 13.8 Å². The number of aliphatic hydroxyl groups is 5. The van der Waals surface area contributed by atoms with Crippen LogP contribution < -0.4 is 0 Å². The van der Waals surface area contributed by atoms with Crippen LogP contribution in [0.4, 0.5) is 0 Å². The number of hydrogen-bond acceptors (Lipinski definition) is 8. The van der Waals surface area contributed by atoms with Crippen LogP contribution in [-0.2, 0) is 14.4 Å². The number of carbonyl (C=O) groups is 3. The zero-order valence-electron chi connectivity index (χ0n) is 33.9. The molecule has 0 saturated heterocycles. The summed E-state index contributed by atoms with van der Waals surface area (Å²) >= 11 is 0. The van der Waals surface area contributed by atoms with Crippen molar-refractivity contribution in [2.24, 2.45) is 0 Å². The Morgan fingerprint density at radius 2 is 0.604 bits per heavy atom. The molecule has 11 nitrogen and oxygen atoms in total. The van der Waals surface area contributed by atoms with Gasteiger partial charge in [-0.05, 0) is 12.8 Å². The highest BCUT2D eigenvalue weighted by atomic mass is 16.4. The summed E-state index contributed by atoms with van der Waals surface area (Å²) in [6.45, 7) is 3.70. The van der Waals surface area contributed by atoms with Gasteiger partial charge in [-0.1, -0.05) is 194 Å². The van der Waals surface area contributed by atoms with Crippen LogP contribution in [0.1, 0.15) is 219 Å². The molecule has 0 fully saturated rings. The molecular weight excluding hydrogens is 680 g/mol. The number of rotatable bonds is 37. The van der Waals surface area contributed by atoms with Crippen LogP contribution in [0, 0.1) is 0 Å². The normalized spacial score (nSPS) is 13.2. The molecule has 0 saturated carbocycles. The van der Waals surface area contributed by atoms with Gasteiger partial charge in [0.2, 0.25) is 0 Å². The molecule has 318 valence electrons. The Bertz CT molecular complexity index is 736. The van der Waals surface area contributed by atoms with Crippen LogP contribution in [0.2, 0.25) is 0 Å². The standard InChI is InChI=1S/2C18H36O2.C6H12O7/c2*1-2-3-4-5-6-7-8-9-10-11-12-13-14-15-16-17-18(19)20;7-1-2(8)3(9)4(10)5(11)6(12)13/h2*2-17H2,1H3,(H,19,20);2-5,7-11H,1H2,(H,12,13)/t;;2-,3-,4+,5-/m..1/s1. The number of aliphatic carboxylic acids is 3. The molecule has 4 atom stereocenters. The monoisotopic (exact) mass is 765 g/mol. The van der Waals surface area contributed by atoms with E-state index in [0.717, 1.165) is 25.7 Å². The second-order valence-electron chi connectivity index (χ2n) is 14.7. The average molecular weight is 765 g/mol. The smallest absolute Gasteiger partial charge is 0.335 e. The van der Waals surface area contributed by atoms with Gasteiger partial charge in [-0.25, -0.2) is 4.79 Å². The molecule has 53 heavy (non-hydrogen) atoms. The van der Waals surface area contributed by atoms with Gasteiger partial charge in [-0.2, -0.15) is 0 Å². The van der Waals surface area contributed by atoms with Crippen molar-refractivity contribution in [3.63, 3.8) is 0 Å². The van der Waals surface area contributed by atoms with Crippen LogP contribution in [-0.4, -0.2) is 89.8 Å². The number of aliphatic hydroxyl groups excluding tert-OH is 5. The molecule has 0 bridgehead atoms. The third kappa shape index (κ3) is 46.3. The van der Waals surface area contributed by atoms with E-state index in [9.17, 15) is 14.4 Å². The molecule has 0 amide bonds. The second-order valence-corrected chi connectivity index (χ2v) is 14.7. The van der Waals surface area contributed by atoms with E-state index in [-0.39, 0.29) is 0 Å². The van der Waals surface area contributed by atoms with Crippen molar-refractivity contribution in [2.45, 2.75) is 244 Å². The van der Waals surface area contributed by atoms with Crippen LogP contribution in [0.15, 0.2) is 0 Å². The fourth-order valence-corrected chi connectivity index (χ4v) is 5.96. The zero-order valence-corrected chi connectivity index (χ0v) is 33.9. The maximum Gasteiger partial charge on any atom is 0.335 e. The molecule has 11 heteroatoms. The Labute approximate surface area is 323 Å². The molecule has 0 unspecified atom stereocenters.